The molecule has 3 aliphatic rings. The molecule has 1 aromatic rings. The van der Waals surface area contributed by atoms with Crippen molar-refractivity contribution >= 4 is 17.7 Å². The summed E-state index contributed by atoms with van der Waals surface area (Å²) in [5, 5.41) is -0.277. The number of ether oxygens (including phenoxy) is 4. The van der Waals surface area contributed by atoms with E-state index in [-0.39, 0.29) is 17.3 Å². The van der Waals surface area contributed by atoms with Gasteiger partial charge in [0.1, 0.15) is 41.7 Å². The molecule has 2 heterocycles. The zero-order chi connectivity index (χ0) is 20.2. The van der Waals surface area contributed by atoms with Crippen LogP contribution in [0.15, 0.2) is 66.5 Å². The molecule has 0 radical (unpaired) electrons. The van der Waals surface area contributed by atoms with Crippen LogP contribution in [0.5, 0.6) is 11.5 Å². The number of carbonyl (C=O) groups excluding carboxylic acids is 1. The van der Waals surface area contributed by atoms with Crippen molar-refractivity contribution in [3.05, 3.63) is 72.1 Å². The number of benzene rings is 1. The van der Waals surface area contributed by atoms with Gasteiger partial charge in [-0.05, 0) is 30.5 Å². The molecule has 1 aliphatic carbocycles. The third-order valence-electron chi connectivity index (χ3n) is 5.09. The minimum Gasteiger partial charge on any atom is -0.496 e. The highest BCUT2D eigenvalue weighted by Crippen LogP contribution is 2.49. The number of carbonyl (C=O) groups is 1. The van der Waals surface area contributed by atoms with Crippen LogP contribution in [0.3, 0.4) is 0 Å². The van der Waals surface area contributed by atoms with Gasteiger partial charge in [-0.15, -0.1) is 11.8 Å². The molecule has 0 spiro atoms. The maximum atomic E-state index is 13.1. The van der Waals surface area contributed by atoms with Gasteiger partial charge < -0.3 is 23.8 Å². The molecule has 0 bridgehead atoms. The Balaban J connectivity index is 1.81. The molecule has 1 amide bonds. The maximum absolute atomic E-state index is 13.1. The van der Waals surface area contributed by atoms with E-state index in [9.17, 15) is 4.79 Å². The lowest BCUT2D eigenvalue weighted by Gasteiger charge is -2.36. The van der Waals surface area contributed by atoms with Crippen molar-refractivity contribution in [1.82, 2.24) is 4.90 Å². The lowest BCUT2D eigenvalue weighted by molar-refractivity contribution is -0.129. The molecule has 1 fully saturated rings. The standard InChI is InChI=1S/C22H23NO5S/c1-25-16-9-6-10-17(26-2)20(16)22-23(19(24)14-29-22)21(15-7-4-3-5-8-15)18-13-27-11-12-28-18/h3-4,6-7,9-13,21-22H,5,8,14H2,1-2H3. The highest BCUT2D eigenvalue weighted by molar-refractivity contribution is 8.00. The first-order chi connectivity index (χ1) is 14.2. The van der Waals surface area contributed by atoms with E-state index < -0.39 is 0 Å². The summed E-state index contributed by atoms with van der Waals surface area (Å²) in [6, 6.07) is 5.29. The smallest absolute Gasteiger partial charge is 0.234 e. The largest absolute Gasteiger partial charge is 0.496 e. The molecule has 29 heavy (non-hydrogen) atoms. The highest BCUT2D eigenvalue weighted by atomic mass is 32.2. The molecule has 1 aromatic carbocycles. The second-order valence-electron chi connectivity index (χ2n) is 6.70. The van der Waals surface area contributed by atoms with E-state index in [0.29, 0.717) is 23.0 Å². The summed E-state index contributed by atoms with van der Waals surface area (Å²) in [5.41, 5.74) is 1.95. The molecule has 152 valence electrons. The average molecular weight is 413 g/mol. The number of hydrogen-bond donors (Lipinski definition) is 0. The van der Waals surface area contributed by atoms with Crippen molar-refractivity contribution < 1.29 is 23.7 Å². The zero-order valence-electron chi connectivity index (χ0n) is 16.4. The number of allylic oxidation sites excluding steroid dienone is 3. The first kappa shape index (κ1) is 19.5. The summed E-state index contributed by atoms with van der Waals surface area (Å²) < 4.78 is 22.4. The molecule has 0 N–H and O–H groups in total. The number of amides is 1. The van der Waals surface area contributed by atoms with Crippen LogP contribution in [0, 0.1) is 0 Å². The second-order valence-corrected chi connectivity index (χ2v) is 7.77. The minimum atomic E-state index is -0.369. The summed E-state index contributed by atoms with van der Waals surface area (Å²) in [7, 11) is 3.25. The van der Waals surface area contributed by atoms with Crippen molar-refractivity contribution in [2.45, 2.75) is 24.3 Å². The number of nitrogens with zero attached hydrogens (tertiary/aromatic N) is 1. The van der Waals surface area contributed by atoms with Gasteiger partial charge in [0.2, 0.25) is 5.91 Å². The van der Waals surface area contributed by atoms with E-state index in [2.05, 4.69) is 12.2 Å². The topological polar surface area (TPSA) is 57.2 Å². The van der Waals surface area contributed by atoms with Gasteiger partial charge in [-0.25, -0.2) is 0 Å². The van der Waals surface area contributed by atoms with Crippen LogP contribution in [0.25, 0.3) is 0 Å². The Morgan fingerprint density at radius 2 is 2.00 bits per heavy atom. The third kappa shape index (κ3) is 3.74. The van der Waals surface area contributed by atoms with Gasteiger partial charge in [-0.2, -0.15) is 0 Å². The molecular weight excluding hydrogens is 390 g/mol. The average Bonchev–Trinajstić information content (AvgIpc) is 3.15. The fourth-order valence-electron chi connectivity index (χ4n) is 3.81. The number of rotatable bonds is 6. The maximum Gasteiger partial charge on any atom is 0.234 e. The number of hydrogen-bond acceptors (Lipinski definition) is 6. The predicted molar refractivity (Wildman–Crippen MR) is 111 cm³/mol. The zero-order valence-corrected chi connectivity index (χ0v) is 17.2. The lowest BCUT2D eigenvalue weighted by atomic mass is 9.94. The van der Waals surface area contributed by atoms with E-state index in [1.807, 2.05) is 29.2 Å². The van der Waals surface area contributed by atoms with E-state index in [4.69, 9.17) is 18.9 Å². The van der Waals surface area contributed by atoms with Gasteiger partial charge in [0.15, 0.2) is 5.76 Å². The number of thioether (sulfide) groups is 1. The van der Waals surface area contributed by atoms with Crippen LogP contribution < -0.4 is 9.47 Å². The molecule has 1 saturated heterocycles. The van der Waals surface area contributed by atoms with Crippen molar-refractivity contribution in [3.63, 3.8) is 0 Å². The minimum absolute atomic E-state index is 0.0347. The first-order valence-corrected chi connectivity index (χ1v) is 10.5. The Morgan fingerprint density at radius 3 is 2.62 bits per heavy atom. The van der Waals surface area contributed by atoms with Gasteiger partial charge in [0.25, 0.3) is 0 Å². The fraction of sp³-hybridized carbons (Fsp3) is 0.318. The molecule has 2 unspecified atom stereocenters. The second kappa shape index (κ2) is 8.69. The Labute approximate surface area is 174 Å². The van der Waals surface area contributed by atoms with E-state index in [1.54, 1.807) is 32.2 Å². The molecule has 6 nitrogen and oxygen atoms in total. The summed E-state index contributed by atoms with van der Waals surface area (Å²) in [5.74, 6) is 2.37. The molecule has 4 rings (SSSR count). The van der Waals surface area contributed by atoms with Gasteiger partial charge >= 0.3 is 0 Å². The molecule has 2 aliphatic heterocycles. The summed E-state index contributed by atoms with van der Waals surface area (Å²) in [6.07, 6.45) is 12.5. The molecular formula is C22H23NO5S. The van der Waals surface area contributed by atoms with E-state index >= 15 is 0 Å². The van der Waals surface area contributed by atoms with Crippen molar-refractivity contribution in [2.75, 3.05) is 20.0 Å². The SMILES string of the molecule is COc1cccc(OC)c1C1SCC(=O)N1C(C1=CC=CCC1)C1=COC=CO1. The Morgan fingerprint density at radius 1 is 1.21 bits per heavy atom. The normalized spacial score (nSPS) is 21.8. The third-order valence-corrected chi connectivity index (χ3v) is 6.28. The van der Waals surface area contributed by atoms with Crippen molar-refractivity contribution in [3.8, 4) is 11.5 Å². The lowest BCUT2D eigenvalue weighted by Crippen LogP contribution is -2.42. The number of methoxy groups -OCH3 is 2. The van der Waals surface area contributed by atoms with E-state index in [1.165, 1.54) is 12.5 Å². The van der Waals surface area contributed by atoms with Crippen LogP contribution in [0.4, 0.5) is 0 Å². The summed E-state index contributed by atoms with van der Waals surface area (Å²) >= 11 is 1.56. The van der Waals surface area contributed by atoms with Gasteiger partial charge in [-0.3, -0.25) is 4.79 Å². The van der Waals surface area contributed by atoms with Gasteiger partial charge in [0, 0.05) is 0 Å². The summed E-state index contributed by atoms with van der Waals surface area (Å²) in [6.45, 7) is 0. The van der Waals surface area contributed by atoms with Crippen LogP contribution in [-0.4, -0.2) is 36.8 Å². The molecule has 0 saturated carbocycles. The fourth-order valence-corrected chi connectivity index (χ4v) is 5.06. The monoisotopic (exact) mass is 413 g/mol. The Bertz CT molecular complexity index is 882. The molecule has 0 aromatic heterocycles. The van der Waals surface area contributed by atoms with Crippen LogP contribution >= 0.6 is 11.8 Å². The van der Waals surface area contributed by atoms with Crippen LogP contribution in [0.1, 0.15) is 23.8 Å². The first-order valence-electron chi connectivity index (χ1n) is 9.41. The van der Waals surface area contributed by atoms with Crippen LogP contribution in [0.2, 0.25) is 0 Å². The predicted octanol–water partition coefficient (Wildman–Crippen LogP) is 4.28. The Hall–Kier alpha value is -2.80. The van der Waals surface area contributed by atoms with Crippen LogP contribution in [-0.2, 0) is 14.3 Å². The molecule has 7 heteroatoms. The Kier molecular flexibility index (Phi) is 5.85. The molecule has 2 atom stereocenters. The summed E-state index contributed by atoms with van der Waals surface area (Å²) in [4.78, 5) is 15.0. The van der Waals surface area contributed by atoms with Gasteiger partial charge in [-0.1, -0.05) is 24.3 Å². The quantitative estimate of drug-likeness (QED) is 0.694. The highest BCUT2D eigenvalue weighted by Gasteiger charge is 2.44. The van der Waals surface area contributed by atoms with E-state index in [0.717, 1.165) is 24.0 Å². The van der Waals surface area contributed by atoms with Crippen molar-refractivity contribution in [1.29, 1.82) is 0 Å². The van der Waals surface area contributed by atoms with Crippen molar-refractivity contribution in [2.24, 2.45) is 0 Å². The van der Waals surface area contributed by atoms with Gasteiger partial charge in [0.05, 0.1) is 25.5 Å².